The van der Waals surface area contributed by atoms with Crippen molar-refractivity contribution < 1.29 is 4.79 Å². The van der Waals surface area contributed by atoms with Crippen molar-refractivity contribution in [2.75, 3.05) is 11.4 Å². The van der Waals surface area contributed by atoms with Gasteiger partial charge in [-0.1, -0.05) is 0 Å². The summed E-state index contributed by atoms with van der Waals surface area (Å²) >= 11 is 3.30. The zero-order valence-electron chi connectivity index (χ0n) is 9.57. The summed E-state index contributed by atoms with van der Waals surface area (Å²) in [5.41, 5.74) is 5.21. The number of nitrogens with two attached hydrogens (primary N) is 1. The third-order valence-electron chi connectivity index (χ3n) is 2.04. The summed E-state index contributed by atoms with van der Waals surface area (Å²) in [5.74, 6) is 0.980. The van der Waals surface area contributed by atoms with Crippen molar-refractivity contribution in [3.8, 4) is 0 Å². The van der Waals surface area contributed by atoms with Crippen molar-refractivity contribution >= 4 is 27.7 Å². The summed E-state index contributed by atoms with van der Waals surface area (Å²) in [6.07, 6.45) is 0. The van der Waals surface area contributed by atoms with Gasteiger partial charge in [-0.15, -0.1) is 0 Å². The average molecular weight is 287 g/mol. The van der Waals surface area contributed by atoms with Gasteiger partial charge in [0.2, 0.25) is 5.91 Å². The molecule has 2 N–H and O–H groups in total. The maximum atomic E-state index is 11.0. The molecule has 16 heavy (non-hydrogen) atoms. The first-order valence-corrected chi connectivity index (χ1v) is 5.75. The minimum atomic E-state index is -0.374. The molecule has 1 rings (SSSR count). The fourth-order valence-corrected chi connectivity index (χ4v) is 1.82. The predicted octanol–water partition coefficient (Wildman–Crippen LogP) is 1.25. The van der Waals surface area contributed by atoms with Crippen molar-refractivity contribution in [2.24, 2.45) is 5.73 Å². The molecule has 0 aliphatic heterocycles. The summed E-state index contributed by atoms with van der Waals surface area (Å²) in [6.45, 7) is 5.92. The summed E-state index contributed by atoms with van der Waals surface area (Å²) in [4.78, 5) is 21.2. The van der Waals surface area contributed by atoms with Crippen LogP contribution in [0.3, 0.4) is 0 Å². The monoisotopic (exact) mass is 286 g/mol. The number of hydrogen-bond acceptors (Lipinski definition) is 4. The van der Waals surface area contributed by atoms with Gasteiger partial charge in [0.1, 0.15) is 16.2 Å². The van der Waals surface area contributed by atoms with Crippen LogP contribution < -0.4 is 10.6 Å². The molecular formula is C10H15BrN4O. The van der Waals surface area contributed by atoms with Crippen LogP contribution in [0, 0.1) is 6.92 Å². The smallest absolute Gasteiger partial charge is 0.237 e. The number of rotatable bonds is 4. The van der Waals surface area contributed by atoms with Gasteiger partial charge in [-0.3, -0.25) is 4.79 Å². The van der Waals surface area contributed by atoms with E-state index in [1.54, 1.807) is 13.0 Å². The standard InChI is InChI=1S/C10H15BrN4O/c1-6(2)15(5-9(12)16)10-4-8(11)13-7(3)14-10/h4,6H,5H2,1-3H3,(H2,12,16). The molecule has 0 aliphatic carbocycles. The number of hydrogen-bond donors (Lipinski definition) is 1. The lowest BCUT2D eigenvalue weighted by Crippen LogP contribution is -2.39. The summed E-state index contributed by atoms with van der Waals surface area (Å²) in [7, 11) is 0. The number of aryl methyl sites for hydroxylation is 1. The normalized spacial score (nSPS) is 10.6. The van der Waals surface area contributed by atoms with Crippen LogP contribution >= 0.6 is 15.9 Å². The first-order valence-electron chi connectivity index (χ1n) is 4.96. The minimum absolute atomic E-state index is 0.147. The second-order valence-electron chi connectivity index (χ2n) is 3.78. The molecule has 0 radical (unpaired) electrons. The number of anilines is 1. The molecule has 0 atom stereocenters. The molecule has 6 heteroatoms. The first-order chi connectivity index (χ1) is 7.40. The Bertz CT molecular complexity index is 374. The lowest BCUT2D eigenvalue weighted by atomic mass is 10.3. The molecule has 88 valence electrons. The van der Waals surface area contributed by atoms with Crippen molar-refractivity contribution in [3.05, 3.63) is 16.5 Å². The van der Waals surface area contributed by atoms with Crippen LogP contribution in [0.15, 0.2) is 10.7 Å². The van der Waals surface area contributed by atoms with Gasteiger partial charge in [0.25, 0.3) is 0 Å². The van der Waals surface area contributed by atoms with E-state index in [0.29, 0.717) is 16.2 Å². The van der Waals surface area contributed by atoms with Crippen LogP contribution in [0.2, 0.25) is 0 Å². The molecule has 0 fully saturated rings. The van der Waals surface area contributed by atoms with Gasteiger partial charge in [-0.25, -0.2) is 9.97 Å². The van der Waals surface area contributed by atoms with Gasteiger partial charge in [0.05, 0.1) is 6.54 Å². The lowest BCUT2D eigenvalue weighted by Gasteiger charge is -2.26. The second kappa shape index (κ2) is 5.25. The quantitative estimate of drug-likeness (QED) is 0.846. The van der Waals surface area contributed by atoms with Crippen LogP contribution in [-0.4, -0.2) is 28.5 Å². The fraction of sp³-hybridized carbons (Fsp3) is 0.500. The highest BCUT2D eigenvalue weighted by Gasteiger charge is 2.15. The fourth-order valence-electron chi connectivity index (χ4n) is 1.36. The second-order valence-corrected chi connectivity index (χ2v) is 4.60. The van der Waals surface area contributed by atoms with E-state index in [4.69, 9.17) is 5.73 Å². The number of primary amides is 1. The number of aromatic nitrogens is 2. The number of carbonyl (C=O) groups excluding carboxylic acids is 1. The Balaban J connectivity index is 3.05. The Labute approximate surface area is 103 Å². The number of halogens is 1. The Kier molecular flexibility index (Phi) is 4.23. The largest absolute Gasteiger partial charge is 0.368 e. The predicted molar refractivity (Wildman–Crippen MR) is 66.1 cm³/mol. The Morgan fingerprint density at radius 1 is 1.56 bits per heavy atom. The molecular weight excluding hydrogens is 272 g/mol. The van der Waals surface area contributed by atoms with E-state index in [1.165, 1.54) is 0 Å². The molecule has 0 saturated carbocycles. The molecule has 0 bridgehead atoms. The number of nitrogens with zero attached hydrogens (tertiary/aromatic N) is 3. The highest BCUT2D eigenvalue weighted by Crippen LogP contribution is 2.18. The summed E-state index contributed by atoms with van der Waals surface area (Å²) in [6, 6.07) is 1.92. The molecule has 0 saturated heterocycles. The van der Waals surface area contributed by atoms with Crippen LogP contribution in [0.1, 0.15) is 19.7 Å². The minimum Gasteiger partial charge on any atom is -0.368 e. The van der Waals surface area contributed by atoms with Gasteiger partial charge < -0.3 is 10.6 Å². The van der Waals surface area contributed by atoms with Gasteiger partial charge >= 0.3 is 0 Å². The highest BCUT2D eigenvalue weighted by atomic mass is 79.9. The Hall–Kier alpha value is -1.17. The topological polar surface area (TPSA) is 72.1 Å². The zero-order chi connectivity index (χ0) is 12.3. The average Bonchev–Trinajstić information content (AvgIpc) is 2.11. The van der Waals surface area contributed by atoms with Crippen molar-refractivity contribution in [1.29, 1.82) is 0 Å². The van der Waals surface area contributed by atoms with E-state index < -0.39 is 0 Å². The third kappa shape index (κ3) is 3.44. The number of carbonyl (C=O) groups is 1. The molecule has 1 amide bonds. The summed E-state index contributed by atoms with van der Waals surface area (Å²) in [5, 5.41) is 0. The SMILES string of the molecule is Cc1nc(Br)cc(N(CC(N)=O)C(C)C)n1. The third-order valence-corrected chi connectivity index (χ3v) is 2.44. The highest BCUT2D eigenvalue weighted by molar-refractivity contribution is 9.10. The molecule has 1 heterocycles. The van der Waals surface area contributed by atoms with E-state index in [2.05, 4.69) is 25.9 Å². The van der Waals surface area contributed by atoms with Crippen molar-refractivity contribution in [3.63, 3.8) is 0 Å². The Morgan fingerprint density at radius 3 is 2.62 bits per heavy atom. The maximum absolute atomic E-state index is 11.0. The maximum Gasteiger partial charge on any atom is 0.237 e. The van der Waals surface area contributed by atoms with Crippen LogP contribution in [0.4, 0.5) is 5.82 Å². The van der Waals surface area contributed by atoms with Gasteiger partial charge in [0.15, 0.2) is 0 Å². The van der Waals surface area contributed by atoms with Crippen LogP contribution in [-0.2, 0) is 4.79 Å². The lowest BCUT2D eigenvalue weighted by molar-refractivity contribution is -0.116. The van der Waals surface area contributed by atoms with Crippen LogP contribution in [0.25, 0.3) is 0 Å². The van der Waals surface area contributed by atoms with E-state index >= 15 is 0 Å². The zero-order valence-corrected chi connectivity index (χ0v) is 11.2. The molecule has 0 spiro atoms. The van der Waals surface area contributed by atoms with Crippen LogP contribution in [0.5, 0.6) is 0 Å². The van der Waals surface area contributed by atoms with Gasteiger partial charge in [-0.05, 0) is 36.7 Å². The molecule has 0 unspecified atom stereocenters. The van der Waals surface area contributed by atoms with E-state index in [-0.39, 0.29) is 18.5 Å². The molecule has 0 aromatic carbocycles. The van der Waals surface area contributed by atoms with E-state index in [0.717, 1.165) is 0 Å². The van der Waals surface area contributed by atoms with Crippen molar-refractivity contribution in [2.45, 2.75) is 26.8 Å². The Morgan fingerprint density at radius 2 is 2.19 bits per heavy atom. The van der Waals surface area contributed by atoms with E-state index in [1.807, 2.05) is 18.7 Å². The van der Waals surface area contributed by atoms with Crippen molar-refractivity contribution in [1.82, 2.24) is 9.97 Å². The molecule has 1 aromatic rings. The van der Waals surface area contributed by atoms with Gasteiger partial charge in [-0.2, -0.15) is 0 Å². The molecule has 5 nitrogen and oxygen atoms in total. The molecule has 1 aromatic heterocycles. The molecule has 0 aliphatic rings. The first kappa shape index (κ1) is 12.9. The number of amides is 1. The van der Waals surface area contributed by atoms with E-state index in [9.17, 15) is 4.79 Å². The summed E-state index contributed by atoms with van der Waals surface area (Å²) < 4.78 is 0.699. The van der Waals surface area contributed by atoms with Gasteiger partial charge in [0, 0.05) is 12.1 Å².